The fraction of sp³-hybridized carbons (Fsp3) is 0.800. The topological polar surface area (TPSA) is 58.6 Å². The Balaban J connectivity index is 3.27. The van der Waals surface area contributed by atoms with Crippen molar-refractivity contribution in [2.75, 3.05) is 6.73 Å². The maximum absolute atomic E-state index is 10.4. The standard InChI is InChI=1S/C5H11NO3/c1-4(2)9-5(8)6-3-7/h4,7H,3H2,1-2H3,(H,6,8). The van der Waals surface area contributed by atoms with Crippen LogP contribution in [-0.4, -0.2) is 24.0 Å². The van der Waals surface area contributed by atoms with E-state index >= 15 is 0 Å². The van der Waals surface area contributed by atoms with Crippen molar-refractivity contribution >= 4 is 6.09 Å². The lowest BCUT2D eigenvalue weighted by Crippen LogP contribution is -2.27. The summed E-state index contributed by atoms with van der Waals surface area (Å²) < 4.78 is 4.58. The maximum atomic E-state index is 10.4. The number of ether oxygens (including phenoxy) is 1. The van der Waals surface area contributed by atoms with E-state index in [1.807, 2.05) is 0 Å². The number of rotatable bonds is 2. The first-order chi connectivity index (χ1) is 4.16. The predicted molar refractivity (Wildman–Crippen MR) is 31.8 cm³/mol. The second kappa shape index (κ2) is 4.14. The fourth-order valence-corrected chi connectivity index (χ4v) is 0.320. The predicted octanol–water partition coefficient (Wildman–Crippen LogP) is 0.0708. The van der Waals surface area contributed by atoms with E-state index in [-0.39, 0.29) is 12.8 Å². The largest absolute Gasteiger partial charge is 0.447 e. The fourth-order valence-electron chi connectivity index (χ4n) is 0.320. The Morgan fingerprint density at radius 3 is 2.67 bits per heavy atom. The minimum absolute atomic E-state index is 0.142. The molecule has 0 heterocycles. The van der Waals surface area contributed by atoms with Gasteiger partial charge in [-0.2, -0.15) is 0 Å². The number of amides is 1. The number of nitrogens with one attached hydrogen (secondary N) is 1. The van der Waals surface area contributed by atoms with E-state index < -0.39 is 6.09 Å². The van der Waals surface area contributed by atoms with Crippen LogP contribution in [0.5, 0.6) is 0 Å². The summed E-state index contributed by atoms with van der Waals surface area (Å²) in [5.41, 5.74) is 0. The normalized spacial score (nSPS) is 9.33. The molecule has 0 fully saturated rings. The molecule has 2 N–H and O–H groups in total. The van der Waals surface area contributed by atoms with Crippen LogP contribution in [0.25, 0.3) is 0 Å². The minimum atomic E-state index is -0.590. The van der Waals surface area contributed by atoms with Crippen LogP contribution in [0.3, 0.4) is 0 Å². The van der Waals surface area contributed by atoms with Gasteiger partial charge in [0, 0.05) is 0 Å². The van der Waals surface area contributed by atoms with Gasteiger partial charge >= 0.3 is 6.09 Å². The molecule has 1 amide bonds. The van der Waals surface area contributed by atoms with Gasteiger partial charge in [-0.05, 0) is 13.8 Å². The monoisotopic (exact) mass is 133 g/mol. The van der Waals surface area contributed by atoms with Gasteiger partial charge < -0.3 is 9.84 Å². The maximum Gasteiger partial charge on any atom is 0.409 e. The molecule has 0 unspecified atom stereocenters. The molecule has 0 bridgehead atoms. The highest BCUT2D eigenvalue weighted by Gasteiger charge is 2.00. The van der Waals surface area contributed by atoms with Crippen molar-refractivity contribution in [2.24, 2.45) is 0 Å². The zero-order valence-corrected chi connectivity index (χ0v) is 5.55. The molecule has 0 rings (SSSR count). The van der Waals surface area contributed by atoms with Crippen LogP contribution >= 0.6 is 0 Å². The number of hydrogen-bond donors (Lipinski definition) is 2. The molecular formula is C5H11NO3. The van der Waals surface area contributed by atoms with Crippen molar-refractivity contribution in [3.63, 3.8) is 0 Å². The summed E-state index contributed by atoms with van der Waals surface area (Å²) >= 11 is 0. The molecule has 4 nitrogen and oxygen atoms in total. The summed E-state index contributed by atoms with van der Waals surface area (Å²) in [6, 6.07) is 0. The Kier molecular flexibility index (Phi) is 3.79. The second-order valence-electron chi connectivity index (χ2n) is 1.79. The van der Waals surface area contributed by atoms with Gasteiger partial charge in [0.25, 0.3) is 0 Å². The Morgan fingerprint density at radius 1 is 1.78 bits per heavy atom. The number of hydrogen-bond acceptors (Lipinski definition) is 3. The van der Waals surface area contributed by atoms with Crippen LogP contribution in [0.2, 0.25) is 0 Å². The number of carbonyl (C=O) groups excluding carboxylic acids is 1. The molecule has 0 aromatic carbocycles. The number of aliphatic hydroxyl groups excluding tert-OH is 1. The number of alkyl carbamates (subject to hydrolysis) is 1. The van der Waals surface area contributed by atoms with Crippen LogP contribution in [0, 0.1) is 0 Å². The van der Waals surface area contributed by atoms with Gasteiger partial charge in [-0.1, -0.05) is 0 Å². The van der Waals surface area contributed by atoms with E-state index in [0.29, 0.717) is 0 Å². The molecule has 0 saturated carbocycles. The molecular weight excluding hydrogens is 122 g/mol. The molecule has 0 spiro atoms. The molecule has 4 heteroatoms. The molecule has 54 valence electrons. The third-order valence-electron chi connectivity index (χ3n) is 0.566. The average molecular weight is 133 g/mol. The quantitative estimate of drug-likeness (QED) is 0.524. The second-order valence-corrected chi connectivity index (χ2v) is 1.79. The van der Waals surface area contributed by atoms with Crippen molar-refractivity contribution in [1.82, 2.24) is 5.32 Å². The van der Waals surface area contributed by atoms with E-state index in [0.717, 1.165) is 0 Å². The molecule has 9 heavy (non-hydrogen) atoms. The minimum Gasteiger partial charge on any atom is -0.447 e. The van der Waals surface area contributed by atoms with Crippen LogP contribution in [-0.2, 0) is 4.74 Å². The van der Waals surface area contributed by atoms with E-state index in [4.69, 9.17) is 5.11 Å². The molecule has 0 radical (unpaired) electrons. The number of carbonyl (C=O) groups is 1. The molecule has 0 aromatic rings. The third-order valence-corrected chi connectivity index (χ3v) is 0.566. The van der Waals surface area contributed by atoms with Gasteiger partial charge in [-0.25, -0.2) is 4.79 Å². The summed E-state index contributed by atoms with van der Waals surface area (Å²) in [5, 5.41) is 10.2. The smallest absolute Gasteiger partial charge is 0.409 e. The van der Waals surface area contributed by atoms with Crippen molar-refractivity contribution < 1.29 is 14.6 Å². The van der Waals surface area contributed by atoms with E-state index in [2.05, 4.69) is 10.1 Å². The third kappa shape index (κ3) is 5.10. The van der Waals surface area contributed by atoms with Crippen LogP contribution < -0.4 is 5.32 Å². The van der Waals surface area contributed by atoms with E-state index in [1.54, 1.807) is 13.8 Å². The van der Waals surface area contributed by atoms with Crippen LogP contribution in [0.4, 0.5) is 4.79 Å². The summed E-state index contributed by atoms with van der Waals surface area (Å²) in [4.78, 5) is 10.4. The SMILES string of the molecule is CC(C)OC(=O)NCO. The summed E-state index contributed by atoms with van der Waals surface area (Å²) in [6.45, 7) is 3.08. The van der Waals surface area contributed by atoms with Gasteiger partial charge in [0.05, 0.1) is 6.10 Å². The Hall–Kier alpha value is -0.770. The lowest BCUT2D eigenvalue weighted by molar-refractivity contribution is 0.106. The number of aliphatic hydroxyl groups is 1. The summed E-state index contributed by atoms with van der Waals surface area (Å²) in [5.74, 6) is 0. The lowest BCUT2D eigenvalue weighted by Gasteiger charge is -2.06. The Bertz CT molecular complexity index is 92.2. The van der Waals surface area contributed by atoms with E-state index in [1.165, 1.54) is 0 Å². The van der Waals surface area contributed by atoms with Crippen molar-refractivity contribution in [1.29, 1.82) is 0 Å². The lowest BCUT2D eigenvalue weighted by atomic mass is 10.5. The first-order valence-electron chi connectivity index (χ1n) is 2.72. The highest BCUT2D eigenvalue weighted by Crippen LogP contribution is 1.86. The molecule has 0 aromatic heterocycles. The summed E-state index contributed by atoms with van der Waals surface area (Å²) in [7, 11) is 0. The van der Waals surface area contributed by atoms with E-state index in [9.17, 15) is 4.79 Å². The molecule has 0 aliphatic rings. The van der Waals surface area contributed by atoms with Gasteiger partial charge in [0.15, 0.2) is 0 Å². The van der Waals surface area contributed by atoms with Crippen LogP contribution in [0.1, 0.15) is 13.8 Å². The first kappa shape index (κ1) is 8.23. The Morgan fingerprint density at radius 2 is 2.33 bits per heavy atom. The average Bonchev–Trinajstić information content (AvgIpc) is 1.63. The molecule has 0 aliphatic heterocycles. The van der Waals surface area contributed by atoms with Crippen molar-refractivity contribution in [3.8, 4) is 0 Å². The zero-order valence-electron chi connectivity index (χ0n) is 5.55. The van der Waals surface area contributed by atoms with Crippen LogP contribution in [0.15, 0.2) is 0 Å². The van der Waals surface area contributed by atoms with Gasteiger partial charge in [0.1, 0.15) is 6.73 Å². The van der Waals surface area contributed by atoms with Crippen molar-refractivity contribution in [2.45, 2.75) is 20.0 Å². The van der Waals surface area contributed by atoms with Gasteiger partial charge in [0.2, 0.25) is 0 Å². The summed E-state index contributed by atoms with van der Waals surface area (Å²) in [6.07, 6.45) is -0.732. The highest BCUT2D eigenvalue weighted by atomic mass is 16.6. The van der Waals surface area contributed by atoms with Crippen molar-refractivity contribution in [3.05, 3.63) is 0 Å². The molecule has 0 aliphatic carbocycles. The molecule has 0 atom stereocenters. The first-order valence-corrected chi connectivity index (χ1v) is 2.72. The van der Waals surface area contributed by atoms with Gasteiger partial charge in [-0.15, -0.1) is 0 Å². The highest BCUT2D eigenvalue weighted by molar-refractivity contribution is 5.66. The van der Waals surface area contributed by atoms with Gasteiger partial charge in [-0.3, -0.25) is 5.32 Å². The Labute approximate surface area is 53.8 Å². The zero-order chi connectivity index (χ0) is 7.28. The molecule has 0 saturated heterocycles.